The molecule has 0 saturated carbocycles. The number of hydrogen-bond donors (Lipinski definition) is 1. The van der Waals surface area contributed by atoms with Crippen LogP contribution in [0.2, 0.25) is 0 Å². The van der Waals surface area contributed by atoms with Crippen LogP contribution in [-0.2, 0) is 0 Å². The predicted molar refractivity (Wildman–Crippen MR) is 82.1 cm³/mol. The van der Waals surface area contributed by atoms with Crippen LogP contribution in [0.3, 0.4) is 0 Å². The van der Waals surface area contributed by atoms with Crippen LogP contribution in [0.1, 0.15) is 36.1 Å². The Morgan fingerprint density at radius 3 is 2.80 bits per heavy atom. The lowest BCUT2D eigenvalue weighted by Crippen LogP contribution is -2.24. The highest BCUT2D eigenvalue weighted by atomic mass is 16.5. The molecule has 1 unspecified atom stereocenters. The first-order chi connectivity index (χ1) is 9.76. The van der Waals surface area contributed by atoms with E-state index in [1.165, 1.54) is 5.56 Å². The fourth-order valence-corrected chi connectivity index (χ4v) is 2.32. The monoisotopic (exact) mass is 270 g/mol. The van der Waals surface area contributed by atoms with Crippen LogP contribution in [0.25, 0.3) is 0 Å². The van der Waals surface area contributed by atoms with Gasteiger partial charge in [-0.2, -0.15) is 0 Å². The second-order valence-corrected chi connectivity index (χ2v) is 4.92. The summed E-state index contributed by atoms with van der Waals surface area (Å²) in [5, 5.41) is 3.58. The van der Waals surface area contributed by atoms with E-state index < -0.39 is 0 Å². The van der Waals surface area contributed by atoms with Crippen molar-refractivity contribution in [3.8, 4) is 5.75 Å². The Morgan fingerprint density at radius 2 is 2.15 bits per heavy atom. The summed E-state index contributed by atoms with van der Waals surface area (Å²) in [6.07, 6.45) is 4.80. The Morgan fingerprint density at radius 1 is 1.30 bits per heavy atom. The number of ether oxygens (including phenoxy) is 1. The highest BCUT2D eigenvalue weighted by molar-refractivity contribution is 5.43. The Kier molecular flexibility index (Phi) is 5.13. The Balaban J connectivity index is 2.43. The maximum Gasteiger partial charge on any atom is 0.124 e. The van der Waals surface area contributed by atoms with E-state index >= 15 is 0 Å². The number of aromatic nitrogens is 1. The smallest absolute Gasteiger partial charge is 0.124 e. The van der Waals surface area contributed by atoms with Gasteiger partial charge in [0.05, 0.1) is 13.2 Å². The molecule has 0 amide bonds. The van der Waals surface area contributed by atoms with Crippen molar-refractivity contribution in [1.82, 2.24) is 10.3 Å². The van der Waals surface area contributed by atoms with Gasteiger partial charge in [-0.3, -0.25) is 4.98 Å². The zero-order valence-corrected chi connectivity index (χ0v) is 12.4. The summed E-state index contributed by atoms with van der Waals surface area (Å²) in [5.41, 5.74) is 3.55. The van der Waals surface area contributed by atoms with Crippen molar-refractivity contribution in [3.63, 3.8) is 0 Å². The molecule has 0 aliphatic rings. The van der Waals surface area contributed by atoms with Crippen LogP contribution in [0.5, 0.6) is 5.75 Å². The molecule has 0 aliphatic heterocycles. The third-order valence-corrected chi connectivity index (χ3v) is 3.31. The molecule has 0 radical (unpaired) electrons. The number of benzene rings is 1. The Hall–Kier alpha value is -1.87. The molecule has 106 valence electrons. The zero-order chi connectivity index (χ0) is 14.4. The van der Waals surface area contributed by atoms with Gasteiger partial charge < -0.3 is 10.1 Å². The molecule has 2 aromatic rings. The average Bonchev–Trinajstić information content (AvgIpc) is 2.49. The van der Waals surface area contributed by atoms with Crippen molar-refractivity contribution >= 4 is 0 Å². The molecule has 0 bridgehead atoms. The molecule has 0 saturated heterocycles. The molecule has 1 aromatic heterocycles. The van der Waals surface area contributed by atoms with Crippen molar-refractivity contribution < 1.29 is 4.74 Å². The topological polar surface area (TPSA) is 34.2 Å². The van der Waals surface area contributed by atoms with Gasteiger partial charge >= 0.3 is 0 Å². The third kappa shape index (κ3) is 3.36. The van der Waals surface area contributed by atoms with Crippen LogP contribution in [0.4, 0.5) is 0 Å². The number of aryl methyl sites for hydroxylation is 1. The minimum absolute atomic E-state index is 0.110. The van der Waals surface area contributed by atoms with Gasteiger partial charge in [-0.25, -0.2) is 0 Å². The predicted octanol–water partition coefficient (Wildman–Crippen LogP) is 3.49. The first-order valence-electron chi connectivity index (χ1n) is 7.04. The summed E-state index contributed by atoms with van der Waals surface area (Å²) in [4.78, 5) is 4.24. The minimum Gasteiger partial charge on any atom is -0.496 e. The van der Waals surface area contributed by atoms with Gasteiger partial charge in [0.2, 0.25) is 0 Å². The number of hydrogen-bond acceptors (Lipinski definition) is 3. The zero-order valence-electron chi connectivity index (χ0n) is 12.4. The number of nitrogens with one attached hydrogen (secondary N) is 1. The molecule has 1 heterocycles. The fourth-order valence-electron chi connectivity index (χ4n) is 2.32. The summed E-state index contributed by atoms with van der Waals surface area (Å²) in [5.74, 6) is 0.910. The van der Waals surface area contributed by atoms with Crippen molar-refractivity contribution in [3.05, 3.63) is 59.4 Å². The normalized spacial score (nSPS) is 12.2. The van der Waals surface area contributed by atoms with E-state index in [4.69, 9.17) is 4.74 Å². The number of rotatable bonds is 6. The van der Waals surface area contributed by atoms with E-state index in [0.717, 1.165) is 29.8 Å². The average molecular weight is 270 g/mol. The van der Waals surface area contributed by atoms with Gasteiger partial charge in [-0.15, -0.1) is 0 Å². The molecule has 3 heteroatoms. The molecular weight excluding hydrogens is 248 g/mol. The van der Waals surface area contributed by atoms with Crippen LogP contribution in [0.15, 0.2) is 42.7 Å². The number of methoxy groups -OCH3 is 1. The first kappa shape index (κ1) is 14.5. The molecule has 20 heavy (non-hydrogen) atoms. The summed E-state index contributed by atoms with van der Waals surface area (Å²) >= 11 is 0. The molecule has 3 nitrogen and oxygen atoms in total. The Bertz CT molecular complexity index is 540. The lowest BCUT2D eigenvalue weighted by molar-refractivity contribution is 0.403. The lowest BCUT2D eigenvalue weighted by Gasteiger charge is -2.22. The first-order valence-corrected chi connectivity index (χ1v) is 7.04. The van der Waals surface area contributed by atoms with Gasteiger partial charge in [-0.1, -0.05) is 30.7 Å². The SMILES string of the molecule is CCCNC(c1cccnc1)c1cc(C)ccc1OC. The van der Waals surface area contributed by atoms with Gasteiger partial charge in [-0.05, 0) is 37.6 Å². The van der Waals surface area contributed by atoms with Crippen LogP contribution < -0.4 is 10.1 Å². The van der Waals surface area contributed by atoms with Crippen LogP contribution >= 0.6 is 0 Å². The maximum absolute atomic E-state index is 5.52. The van der Waals surface area contributed by atoms with Gasteiger partial charge in [0.25, 0.3) is 0 Å². The molecule has 1 aromatic carbocycles. The fraction of sp³-hybridized carbons (Fsp3) is 0.353. The van der Waals surface area contributed by atoms with Crippen molar-refractivity contribution in [2.45, 2.75) is 26.3 Å². The van der Waals surface area contributed by atoms with E-state index in [9.17, 15) is 0 Å². The Labute approximate surface area is 121 Å². The van der Waals surface area contributed by atoms with E-state index in [1.54, 1.807) is 13.3 Å². The lowest BCUT2D eigenvalue weighted by atomic mass is 9.97. The van der Waals surface area contributed by atoms with Crippen LogP contribution in [0, 0.1) is 6.92 Å². The van der Waals surface area contributed by atoms with Crippen molar-refractivity contribution in [2.24, 2.45) is 0 Å². The van der Waals surface area contributed by atoms with Crippen molar-refractivity contribution in [1.29, 1.82) is 0 Å². The van der Waals surface area contributed by atoms with E-state index in [0.29, 0.717) is 0 Å². The van der Waals surface area contributed by atoms with Crippen molar-refractivity contribution in [2.75, 3.05) is 13.7 Å². The van der Waals surface area contributed by atoms with E-state index in [-0.39, 0.29) is 6.04 Å². The largest absolute Gasteiger partial charge is 0.496 e. The summed E-state index contributed by atoms with van der Waals surface area (Å²) in [7, 11) is 1.72. The highest BCUT2D eigenvalue weighted by Crippen LogP contribution is 2.30. The molecule has 0 fully saturated rings. The van der Waals surface area contributed by atoms with E-state index in [1.807, 2.05) is 18.3 Å². The number of nitrogens with zero attached hydrogens (tertiary/aromatic N) is 1. The van der Waals surface area contributed by atoms with Gasteiger partial charge in [0, 0.05) is 18.0 Å². The maximum atomic E-state index is 5.52. The molecular formula is C17H22N2O. The van der Waals surface area contributed by atoms with Gasteiger partial charge in [0.15, 0.2) is 0 Å². The standard InChI is InChI=1S/C17H22N2O/c1-4-9-19-17(14-6-5-10-18-12-14)15-11-13(2)7-8-16(15)20-3/h5-8,10-12,17,19H,4,9H2,1-3H3. The van der Waals surface area contributed by atoms with Gasteiger partial charge in [0.1, 0.15) is 5.75 Å². The molecule has 0 aliphatic carbocycles. The molecule has 2 rings (SSSR count). The summed E-state index contributed by atoms with van der Waals surface area (Å²) in [6.45, 7) is 5.22. The minimum atomic E-state index is 0.110. The quantitative estimate of drug-likeness (QED) is 0.872. The van der Waals surface area contributed by atoms with E-state index in [2.05, 4.69) is 42.3 Å². The second-order valence-electron chi connectivity index (χ2n) is 4.92. The van der Waals surface area contributed by atoms with Crippen LogP contribution in [-0.4, -0.2) is 18.6 Å². The molecule has 1 N–H and O–H groups in total. The highest BCUT2D eigenvalue weighted by Gasteiger charge is 2.17. The summed E-state index contributed by atoms with van der Waals surface area (Å²) in [6, 6.07) is 10.5. The molecule has 1 atom stereocenters. The number of pyridine rings is 1. The molecule has 0 spiro atoms. The second kappa shape index (κ2) is 7.06. The third-order valence-electron chi connectivity index (χ3n) is 3.31. The summed E-state index contributed by atoms with van der Waals surface area (Å²) < 4.78 is 5.52.